The smallest absolute Gasteiger partial charge is 0.161 e. The largest absolute Gasteiger partial charge is 0.507 e. The summed E-state index contributed by atoms with van der Waals surface area (Å²) in [5, 5.41) is 21.0. The van der Waals surface area contributed by atoms with E-state index in [1.807, 2.05) is 0 Å². The summed E-state index contributed by atoms with van der Waals surface area (Å²) in [6.07, 6.45) is 10.1. The molecule has 0 radical (unpaired) electrons. The second kappa shape index (κ2) is 17.2. The van der Waals surface area contributed by atoms with Gasteiger partial charge >= 0.3 is 0 Å². The molecule has 0 unspecified atom stereocenters. The van der Waals surface area contributed by atoms with E-state index >= 15 is 0 Å². The van der Waals surface area contributed by atoms with Crippen LogP contribution in [0.2, 0.25) is 0 Å². The Bertz CT molecular complexity index is 1350. The molecule has 2 fully saturated rings. The number of nitrogens with zero attached hydrogens (tertiary/aromatic N) is 4. The number of rotatable bonds is 12. The molecular formula is C34H40F2N4NiO4. The van der Waals surface area contributed by atoms with E-state index in [-0.39, 0.29) is 39.4 Å². The third-order valence-corrected chi connectivity index (χ3v) is 7.96. The molecule has 0 atom stereocenters. The van der Waals surface area contributed by atoms with E-state index in [0.717, 1.165) is 51.4 Å². The van der Waals surface area contributed by atoms with E-state index in [0.29, 0.717) is 35.8 Å². The number of halogens is 2. The molecule has 5 rings (SSSR count). The van der Waals surface area contributed by atoms with E-state index < -0.39 is 11.6 Å². The van der Waals surface area contributed by atoms with Gasteiger partial charge in [-0.05, 0) is 76.1 Å². The van der Waals surface area contributed by atoms with Crippen molar-refractivity contribution in [3.63, 3.8) is 0 Å². The molecule has 0 aromatic heterocycles. The van der Waals surface area contributed by atoms with Crippen LogP contribution in [0.5, 0.6) is 23.0 Å². The van der Waals surface area contributed by atoms with Crippen LogP contribution in [0.4, 0.5) is 20.2 Å². The Hall–Kier alpha value is -3.53. The summed E-state index contributed by atoms with van der Waals surface area (Å²) in [6, 6.07) is 11.6. The van der Waals surface area contributed by atoms with Crippen LogP contribution < -0.4 is 9.47 Å². The summed E-state index contributed by atoms with van der Waals surface area (Å²) in [6.45, 7) is 7.04. The van der Waals surface area contributed by atoms with Gasteiger partial charge in [-0.2, -0.15) is 0 Å². The maximum absolute atomic E-state index is 14.1. The van der Waals surface area contributed by atoms with E-state index in [1.165, 1.54) is 63.1 Å². The second-order valence-corrected chi connectivity index (χ2v) is 11.2. The first-order chi connectivity index (χ1) is 21.4. The first-order valence-electron chi connectivity index (χ1n) is 15.4. The molecule has 0 spiro atoms. The summed E-state index contributed by atoms with van der Waals surface area (Å²) < 4.78 is 39.9. The van der Waals surface area contributed by atoms with Crippen LogP contribution >= 0.6 is 0 Å². The molecule has 3 aromatic rings. The van der Waals surface area contributed by atoms with Crippen molar-refractivity contribution < 1.29 is 45.0 Å². The normalized spacial score (nSPS) is 16.2. The van der Waals surface area contributed by atoms with Crippen LogP contribution in [0, 0.1) is 11.6 Å². The average molecular weight is 665 g/mol. The van der Waals surface area contributed by atoms with Crippen molar-refractivity contribution in [3.8, 4) is 23.0 Å². The fraction of sp³-hybridized carbons (Fsp3) is 0.412. The maximum atomic E-state index is 14.1. The average Bonchev–Trinajstić information content (AvgIpc) is 3.03. The molecule has 0 amide bonds. The zero-order valence-corrected chi connectivity index (χ0v) is 26.2. The molecule has 2 heterocycles. The number of hydrogen-bond acceptors (Lipinski definition) is 8. The minimum atomic E-state index is -1.08. The Morgan fingerprint density at radius 3 is 1.40 bits per heavy atom. The van der Waals surface area contributed by atoms with E-state index in [9.17, 15) is 19.0 Å². The fourth-order valence-corrected chi connectivity index (χ4v) is 5.41. The third kappa shape index (κ3) is 10.2. The SMILES string of the molecule is Oc1cc(OCCN2CCCCC2)ccc1C=Nc1cc(F)c(F)cc1N=Cc1ccc(OCCN2CCCCC2)cc1O.[Ni]. The Morgan fingerprint density at radius 1 is 0.622 bits per heavy atom. The van der Waals surface area contributed by atoms with Gasteiger partial charge in [0.05, 0.1) is 11.4 Å². The number of aromatic hydroxyl groups is 2. The van der Waals surface area contributed by atoms with Gasteiger partial charge in [0, 0.05) is 77.4 Å². The Kier molecular flexibility index (Phi) is 13.2. The maximum Gasteiger partial charge on any atom is 0.161 e. The Morgan fingerprint density at radius 2 is 1.02 bits per heavy atom. The number of piperidine rings is 2. The molecule has 244 valence electrons. The first kappa shape index (κ1) is 34.3. The quantitative estimate of drug-likeness (QED) is 0.167. The molecule has 0 saturated carbocycles. The Balaban J connectivity index is 0.00000461. The predicted octanol–water partition coefficient (Wildman–Crippen LogP) is 6.60. The van der Waals surface area contributed by atoms with Crippen molar-refractivity contribution in [2.75, 3.05) is 52.5 Å². The summed E-state index contributed by atoms with van der Waals surface area (Å²) >= 11 is 0. The van der Waals surface area contributed by atoms with Crippen LogP contribution in [0.1, 0.15) is 49.7 Å². The zero-order chi connectivity index (χ0) is 30.7. The number of benzene rings is 3. The van der Waals surface area contributed by atoms with E-state index in [4.69, 9.17) is 9.47 Å². The van der Waals surface area contributed by atoms with Crippen LogP contribution in [0.15, 0.2) is 58.5 Å². The number of ether oxygens (including phenoxy) is 2. The minimum Gasteiger partial charge on any atom is -0.507 e. The minimum absolute atomic E-state index is 0. The van der Waals surface area contributed by atoms with Gasteiger partial charge in [-0.25, -0.2) is 8.78 Å². The Labute approximate surface area is 273 Å². The van der Waals surface area contributed by atoms with Crippen molar-refractivity contribution in [2.24, 2.45) is 9.98 Å². The van der Waals surface area contributed by atoms with Crippen molar-refractivity contribution in [1.82, 2.24) is 9.80 Å². The molecule has 2 N–H and O–H groups in total. The van der Waals surface area contributed by atoms with Gasteiger partial charge in [0.2, 0.25) is 0 Å². The second-order valence-electron chi connectivity index (χ2n) is 11.2. The summed E-state index contributed by atoms with van der Waals surface area (Å²) in [5.41, 5.74) is 0.861. The molecule has 0 bridgehead atoms. The molecule has 3 aromatic carbocycles. The monoisotopic (exact) mass is 664 g/mol. The predicted molar refractivity (Wildman–Crippen MR) is 169 cm³/mol. The van der Waals surface area contributed by atoms with Gasteiger partial charge in [0.1, 0.15) is 36.2 Å². The van der Waals surface area contributed by atoms with E-state index in [1.54, 1.807) is 24.3 Å². The van der Waals surface area contributed by atoms with Crippen LogP contribution in [-0.2, 0) is 16.5 Å². The van der Waals surface area contributed by atoms with Crippen molar-refractivity contribution in [2.45, 2.75) is 38.5 Å². The number of hydrogen-bond donors (Lipinski definition) is 2. The van der Waals surface area contributed by atoms with E-state index in [2.05, 4.69) is 19.8 Å². The molecule has 45 heavy (non-hydrogen) atoms. The van der Waals surface area contributed by atoms with Crippen LogP contribution in [-0.4, -0.2) is 84.9 Å². The fourth-order valence-electron chi connectivity index (χ4n) is 5.41. The first-order valence-corrected chi connectivity index (χ1v) is 15.4. The summed E-state index contributed by atoms with van der Waals surface area (Å²) in [5.74, 6) is -1.20. The number of phenolic OH excluding ortho intramolecular Hbond substituents is 2. The molecule has 11 heteroatoms. The summed E-state index contributed by atoms with van der Waals surface area (Å²) in [7, 11) is 0. The molecule has 2 aliphatic heterocycles. The third-order valence-electron chi connectivity index (χ3n) is 7.96. The molecule has 2 aliphatic rings. The van der Waals surface area contributed by atoms with Gasteiger partial charge in [0.25, 0.3) is 0 Å². The van der Waals surface area contributed by atoms with Gasteiger partial charge in [-0.3, -0.25) is 19.8 Å². The topological polar surface area (TPSA) is 90.1 Å². The van der Waals surface area contributed by atoms with Crippen LogP contribution in [0.3, 0.4) is 0 Å². The number of phenols is 2. The van der Waals surface area contributed by atoms with Crippen LogP contribution in [0.25, 0.3) is 0 Å². The number of aliphatic imine (C=N–C) groups is 2. The van der Waals surface area contributed by atoms with Crippen molar-refractivity contribution >= 4 is 23.8 Å². The standard InChI is InChI=1S/C34H40F2N4O4.Ni/c35-29-21-31(37-23-25-7-9-27(19-33(25)41)43-17-15-39-11-3-1-4-12-39)32(22-30(29)36)38-24-26-8-10-28(20-34(26)42)44-18-16-40-13-5-2-6-14-40;/h7-10,19-24,41-42H,1-6,11-18H2;. The molecule has 0 aliphatic carbocycles. The van der Waals surface area contributed by atoms with Gasteiger partial charge < -0.3 is 19.7 Å². The van der Waals surface area contributed by atoms with Crippen molar-refractivity contribution in [3.05, 3.63) is 71.3 Å². The van der Waals surface area contributed by atoms with Gasteiger partial charge in [0.15, 0.2) is 11.6 Å². The summed E-state index contributed by atoms with van der Waals surface area (Å²) in [4.78, 5) is 13.3. The van der Waals surface area contributed by atoms with Gasteiger partial charge in [-0.1, -0.05) is 12.8 Å². The van der Waals surface area contributed by atoms with Crippen molar-refractivity contribution in [1.29, 1.82) is 0 Å². The molecule has 8 nitrogen and oxygen atoms in total. The molecule has 2 saturated heterocycles. The number of likely N-dealkylation sites (tertiary alicyclic amines) is 2. The molecular weight excluding hydrogens is 625 g/mol. The zero-order valence-electron chi connectivity index (χ0n) is 25.2. The van der Waals surface area contributed by atoms with Gasteiger partial charge in [-0.15, -0.1) is 0 Å².